The van der Waals surface area contributed by atoms with Crippen molar-refractivity contribution >= 4 is 11.7 Å². The van der Waals surface area contributed by atoms with E-state index in [0.29, 0.717) is 0 Å². The fraction of sp³-hybridized carbons (Fsp3) is 0.714. The fourth-order valence-electron chi connectivity index (χ4n) is 0.656. The SMILES string of the molecule is CC(C)(C)CC(=[N+]=[N-])C(=O)O. The first-order chi connectivity index (χ1) is 4.87. The molecule has 11 heavy (non-hydrogen) atoms. The van der Waals surface area contributed by atoms with E-state index < -0.39 is 5.97 Å². The summed E-state index contributed by atoms with van der Waals surface area (Å²) in [7, 11) is 0. The second-order valence-electron chi connectivity index (χ2n) is 3.59. The van der Waals surface area contributed by atoms with Gasteiger partial charge in [0.15, 0.2) is 0 Å². The van der Waals surface area contributed by atoms with Gasteiger partial charge in [0, 0.05) is 0 Å². The lowest BCUT2D eigenvalue weighted by Gasteiger charge is -2.12. The number of hydrogen-bond acceptors (Lipinski definition) is 1. The van der Waals surface area contributed by atoms with Crippen LogP contribution in [0.25, 0.3) is 5.53 Å². The summed E-state index contributed by atoms with van der Waals surface area (Å²) in [5, 5.41) is 8.45. The summed E-state index contributed by atoms with van der Waals surface area (Å²) in [6, 6.07) is 0. The Morgan fingerprint density at radius 3 is 2.09 bits per heavy atom. The molecule has 1 N–H and O–H groups in total. The first-order valence-electron chi connectivity index (χ1n) is 3.31. The Morgan fingerprint density at radius 2 is 2.00 bits per heavy atom. The summed E-state index contributed by atoms with van der Waals surface area (Å²) >= 11 is 0. The summed E-state index contributed by atoms with van der Waals surface area (Å²) < 4.78 is 0. The molecule has 0 aromatic carbocycles. The molecule has 0 aromatic rings. The van der Waals surface area contributed by atoms with Crippen molar-refractivity contribution < 1.29 is 14.7 Å². The molecule has 4 nitrogen and oxygen atoms in total. The highest BCUT2D eigenvalue weighted by Gasteiger charge is 2.25. The van der Waals surface area contributed by atoms with Gasteiger partial charge in [-0.1, -0.05) is 20.8 Å². The average molecular weight is 156 g/mol. The number of hydrogen-bond donors (Lipinski definition) is 1. The molecule has 0 aliphatic rings. The Morgan fingerprint density at radius 1 is 1.55 bits per heavy atom. The van der Waals surface area contributed by atoms with Gasteiger partial charge in [-0.3, -0.25) is 0 Å². The highest BCUT2D eigenvalue weighted by Crippen LogP contribution is 2.18. The lowest BCUT2D eigenvalue weighted by molar-refractivity contribution is -0.134. The zero-order valence-corrected chi connectivity index (χ0v) is 6.96. The third kappa shape index (κ3) is 4.28. The van der Waals surface area contributed by atoms with Crippen LogP contribution in [0.1, 0.15) is 27.2 Å². The Kier molecular flexibility index (Phi) is 2.96. The summed E-state index contributed by atoms with van der Waals surface area (Å²) in [4.78, 5) is 13.0. The molecule has 0 heterocycles. The van der Waals surface area contributed by atoms with Gasteiger partial charge in [0.25, 0.3) is 0 Å². The van der Waals surface area contributed by atoms with Crippen LogP contribution in [0.15, 0.2) is 0 Å². The summed E-state index contributed by atoms with van der Waals surface area (Å²) in [6.07, 6.45) is 0.263. The predicted molar refractivity (Wildman–Crippen MR) is 40.3 cm³/mol. The van der Waals surface area contributed by atoms with Gasteiger partial charge in [-0.05, 0) is 5.41 Å². The molecule has 0 unspecified atom stereocenters. The third-order valence-corrected chi connectivity index (χ3v) is 1.07. The molecule has 0 spiro atoms. The fourth-order valence-corrected chi connectivity index (χ4v) is 0.656. The van der Waals surface area contributed by atoms with Crippen molar-refractivity contribution in [2.24, 2.45) is 5.41 Å². The molecule has 0 aromatic heterocycles. The van der Waals surface area contributed by atoms with Crippen LogP contribution < -0.4 is 0 Å². The second-order valence-corrected chi connectivity index (χ2v) is 3.59. The highest BCUT2D eigenvalue weighted by atomic mass is 16.4. The van der Waals surface area contributed by atoms with Gasteiger partial charge >= 0.3 is 11.7 Å². The monoisotopic (exact) mass is 156 g/mol. The van der Waals surface area contributed by atoms with E-state index >= 15 is 0 Å². The molecule has 0 bridgehead atoms. The van der Waals surface area contributed by atoms with Gasteiger partial charge in [-0.2, -0.15) is 4.79 Å². The van der Waals surface area contributed by atoms with Gasteiger partial charge in [-0.25, -0.2) is 4.79 Å². The van der Waals surface area contributed by atoms with E-state index in [0.717, 1.165) is 0 Å². The van der Waals surface area contributed by atoms with E-state index in [-0.39, 0.29) is 17.5 Å². The van der Waals surface area contributed by atoms with E-state index in [1.54, 1.807) is 0 Å². The molecule has 0 amide bonds. The van der Waals surface area contributed by atoms with E-state index in [1.165, 1.54) is 0 Å². The topological polar surface area (TPSA) is 73.7 Å². The normalized spacial score (nSPS) is 10.5. The van der Waals surface area contributed by atoms with E-state index in [9.17, 15) is 4.79 Å². The van der Waals surface area contributed by atoms with Crippen molar-refractivity contribution in [3.05, 3.63) is 5.53 Å². The molecule has 0 saturated heterocycles. The Labute approximate surface area is 65.5 Å². The van der Waals surface area contributed by atoms with Crippen LogP contribution in [0, 0.1) is 5.41 Å². The van der Waals surface area contributed by atoms with Gasteiger partial charge in [0.1, 0.15) is 0 Å². The minimum Gasteiger partial charge on any atom is -0.473 e. The van der Waals surface area contributed by atoms with Crippen LogP contribution in [0.5, 0.6) is 0 Å². The Hall–Kier alpha value is -1.15. The molecule has 0 rings (SSSR count). The van der Waals surface area contributed by atoms with Crippen LogP contribution in [0.3, 0.4) is 0 Å². The summed E-state index contributed by atoms with van der Waals surface area (Å²) in [6.45, 7) is 5.63. The second kappa shape index (κ2) is 3.30. The first kappa shape index (κ1) is 9.85. The molecule has 0 aliphatic heterocycles. The number of carboxylic acid groups (broad SMARTS) is 1. The van der Waals surface area contributed by atoms with E-state index in [2.05, 4.69) is 4.79 Å². The largest absolute Gasteiger partial charge is 0.473 e. The van der Waals surface area contributed by atoms with Crippen molar-refractivity contribution in [3.63, 3.8) is 0 Å². The number of carbonyl (C=O) groups is 1. The van der Waals surface area contributed by atoms with Gasteiger partial charge in [0.05, 0.1) is 6.42 Å². The molecule has 62 valence electrons. The maximum Gasteiger partial charge on any atom is 0.414 e. The standard InChI is InChI=1S/C7H12N2O2/c1-7(2,3)4-5(9-8)6(10)11/h4H2,1-3H3,(H,10,11). The van der Waals surface area contributed by atoms with Gasteiger partial charge in [-0.15, -0.1) is 0 Å². The predicted octanol–water partition coefficient (Wildman–Crippen LogP) is 1.18. The van der Waals surface area contributed by atoms with E-state index in [1.807, 2.05) is 20.8 Å². The van der Waals surface area contributed by atoms with Crippen LogP contribution >= 0.6 is 0 Å². The Balaban J connectivity index is 4.37. The Bertz CT molecular complexity index is 209. The molecular weight excluding hydrogens is 144 g/mol. The summed E-state index contributed by atoms with van der Waals surface area (Å²) in [5.41, 5.74) is 7.90. The van der Waals surface area contributed by atoms with Crippen molar-refractivity contribution in [1.82, 2.24) is 0 Å². The number of carboxylic acids is 1. The molecule has 0 fully saturated rings. The van der Waals surface area contributed by atoms with Gasteiger partial charge in [0.2, 0.25) is 0 Å². The van der Waals surface area contributed by atoms with Gasteiger partial charge < -0.3 is 10.6 Å². The summed E-state index contributed by atoms with van der Waals surface area (Å²) in [5.74, 6) is -1.16. The van der Waals surface area contributed by atoms with Crippen molar-refractivity contribution in [3.8, 4) is 0 Å². The average Bonchev–Trinajstić information content (AvgIpc) is 1.80. The molecular formula is C7H12N2O2. The quantitative estimate of drug-likeness (QED) is 0.370. The zero-order valence-electron chi connectivity index (χ0n) is 6.96. The molecule has 0 radical (unpaired) electrons. The number of nitrogens with zero attached hydrogens (tertiary/aromatic N) is 2. The minimum atomic E-state index is -1.16. The first-order valence-corrected chi connectivity index (χ1v) is 3.31. The molecule has 0 saturated carbocycles. The molecule has 0 atom stereocenters. The maximum atomic E-state index is 10.3. The minimum absolute atomic E-state index is 0.167. The lowest BCUT2D eigenvalue weighted by Crippen LogP contribution is -2.21. The smallest absolute Gasteiger partial charge is 0.414 e. The third-order valence-electron chi connectivity index (χ3n) is 1.07. The highest BCUT2D eigenvalue weighted by molar-refractivity contribution is 6.33. The zero-order chi connectivity index (χ0) is 9.07. The molecule has 0 aliphatic carbocycles. The van der Waals surface area contributed by atoms with Crippen LogP contribution in [-0.2, 0) is 4.79 Å². The van der Waals surface area contributed by atoms with Crippen molar-refractivity contribution in [1.29, 1.82) is 0 Å². The number of aliphatic carboxylic acids is 1. The van der Waals surface area contributed by atoms with Crippen LogP contribution in [-0.4, -0.2) is 21.6 Å². The molecule has 4 heteroatoms. The van der Waals surface area contributed by atoms with E-state index in [4.69, 9.17) is 10.6 Å². The van der Waals surface area contributed by atoms with Crippen molar-refractivity contribution in [2.75, 3.05) is 0 Å². The van der Waals surface area contributed by atoms with Crippen molar-refractivity contribution in [2.45, 2.75) is 27.2 Å². The number of rotatable bonds is 2. The maximum absolute atomic E-state index is 10.3. The van der Waals surface area contributed by atoms with Crippen LogP contribution in [0.4, 0.5) is 0 Å². The van der Waals surface area contributed by atoms with Crippen LogP contribution in [0.2, 0.25) is 0 Å². The lowest BCUT2D eigenvalue weighted by atomic mass is 9.90.